The summed E-state index contributed by atoms with van der Waals surface area (Å²) in [5.74, 6) is 1.68. The van der Waals surface area contributed by atoms with Gasteiger partial charge in [0.2, 0.25) is 0 Å². The summed E-state index contributed by atoms with van der Waals surface area (Å²) in [5, 5.41) is 0. The van der Waals surface area contributed by atoms with E-state index in [1.54, 1.807) is 7.11 Å². The molecule has 74 valence electrons. The van der Waals surface area contributed by atoms with Gasteiger partial charge in [0.05, 0.1) is 13.7 Å². The molecule has 0 atom stereocenters. The second-order valence-electron chi connectivity index (χ2n) is 2.11. The van der Waals surface area contributed by atoms with E-state index in [2.05, 4.69) is 0 Å². The SMILES string of the molecule is CC.CCOc1cccc(OC)c1. The van der Waals surface area contributed by atoms with Gasteiger partial charge in [-0.25, -0.2) is 0 Å². The monoisotopic (exact) mass is 182 g/mol. The van der Waals surface area contributed by atoms with Gasteiger partial charge in [-0.15, -0.1) is 0 Å². The largest absolute Gasteiger partial charge is 0.497 e. The third kappa shape index (κ3) is 4.41. The van der Waals surface area contributed by atoms with Crippen LogP contribution in [0.15, 0.2) is 24.3 Å². The summed E-state index contributed by atoms with van der Waals surface area (Å²) in [6.45, 7) is 6.65. The lowest BCUT2D eigenvalue weighted by Gasteiger charge is -2.04. The fraction of sp³-hybridized carbons (Fsp3) is 0.455. The smallest absolute Gasteiger partial charge is 0.122 e. The number of hydrogen-bond acceptors (Lipinski definition) is 2. The molecule has 0 radical (unpaired) electrons. The summed E-state index contributed by atoms with van der Waals surface area (Å²) in [5.41, 5.74) is 0. The van der Waals surface area contributed by atoms with E-state index in [4.69, 9.17) is 9.47 Å². The Morgan fingerprint density at radius 1 is 1.15 bits per heavy atom. The molecule has 13 heavy (non-hydrogen) atoms. The van der Waals surface area contributed by atoms with E-state index >= 15 is 0 Å². The maximum atomic E-state index is 5.27. The Bertz CT molecular complexity index is 221. The Morgan fingerprint density at radius 2 is 1.77 bits per heavy atom. The molecule has 1 aromatic rings. The van der Waals surface area contributed by atoms with Crippen LogP contribution < -0.4 is 9.47 Å². The fourth-order valence-electron chi connectivity index (χ4n) is 0.858. The van der Waals surface area contributed by atoms with E-state index in [1.807, 2.05) is 45.0 Å². The van der Waals surface area contributed by atoms with Gasteiger partial charge in [0.1, 0.15) is 11.5 Å². The maximum absolute atomic E-state index is 5.27. The standard InChI is InChI=1S/C9H12O2.C2H6/c1-3-11-9-6-4-5-8(7-9)10-2;1-2/h4-7H,3H2,1-2H3;1-2H3. The van der Waals surface area contributed by atoms with Crippen molar-refractivity contribution in [1.82, 2.24) is 0 Å². The summed E-state index contributed by atoms with van der Waals surface area (Å²) < 4.78 is 10.3. The minimum absolute atomic E-state index is 0.688. The Kier molecular flexibility index (Phi) is 6.79. The molecule has 1 aromatic carbocycles. The van der Waals surface area contributed by atoms with E-state index in [-0.39, 0.29) is 0 Å². The maximum Gasteiger partial charge on any atom is 0.122 e. The lowest BCUT2D eigenvalue weighted by Crippen LogP contribution is -1.91. The van der Waals surface area contributed by atoms with Crippen LogP contribution in [0.1, 0.15) is 20.8 Å². The molecule has 2 heteroatoms. The van der Waals surface area contributed by atoms with Crippen LogP contribution in [-0.2, 0) is 0 Å². The molecule has 0 saturated heterocycles. The van der Waals surface area contributed by atoms with Gasteiger partial charge in [-0.05, 0) is 19.1 Å². The van der Waals surface area contributed by atoms with E-state index in [1.165, 1.54) is 0 Å². The van der Waals surface area contributed by atoms with Gasteiger partial charge in [-0.1, -0.05) is 19.9 Å². The Labute approximate surface area is 80.5 Å². The van der Waals surface area contributed by atoms with Crippen molar-refractivity contribution in [2.24, 2.45) is 0 Å². The molecule has 0 spiro atoms. The molecule has 0 aliphatic carbocycles. The second kappa shape index (κ2) is 7.47. The first kappa shape index (κ1) is 11.8. The third-order valence-corrected chi connectivity index (χ3v) is 1.35. The van der Waals surface area contributed by atoms with Gasteiger partial charge in [0.15, 0.2) is 0 Å². The Morgan fingerprint density at radius 3 is 2.31 bits per heavy atom. The lowest BCUT2D eigenvalue weighted by atomic mass is 10.3. The van der Waals surface area contributed by atoms with Gasteiger partial charge >= 0.3 is 0 Å². The Balaban J connectivity index is 0.000000671. The van der Waals surface area contributed by atoms with Crippen LogP contribution in [0, 0.1) is 0 Å². The normalized spacial score (nSPS) is 8.31. The van der Waals surface area contributed by atoms with Crippen molar-refractivity contribution >= 4 is 0 Å². The third-order valence-electron chi connectivity index (χ3n) is 1.35. The van der Waals surface area contributed by atoms with Gasteiger partial charge in [-0.3, -0.25) is 0 Å². The molecule has 1 rings (SSSR count). The molecule has 0 saturated carbocycles. The Hall–Kier alpha value is -1.18. The average molecular weight is 182 g/mol. The van der Waals surface area contributed by atoms with Crippen molar-refractivity contribution in [2.75, 3.05) is 13.7 Å². The number of hydrogen-bond donors (Lipinski definition) is 0. The van der Waals surface area contributed by atoms with Crippen LogP contribution in [0.4, 0.5) is 0 Å². The van der Waals surface area contributed by atoms with E-state index < -0.39 is 0 Å². The van der Waals surface area contributed by atoms with Crippen molar-refractivity contribution < 1.29 is 9.47 Å². The minimum atomic E-state index is 0.688. The molecule has 0 fully saturated rings. The van der Waals surface area contributed by atoms with Crippen LogP contribution >= 0.6 is 0 Å². The molecular formula is C11H18O2. The van der Waals surface area contributed by atoms with Crippen LogP contribution in [-0.4, -0.2) is 13.7 Å². The summed E-state index contributed by atoms with van der Waals surface area (Å²) in [6, 6.07) is 7.57. The van der Waals surface area contributed by atoms with Crippen molar-refractivity contribution in [3.8, 4) is 11.5 Å². The first-order valence-corrected chi connectivity index (χ1v) is 4.63. The zero-order valence-corrected chi connectivity index (χ0v) is 8.83. The van der Waals surface area contributed by atoms with Crippen molar-refractivity contribution in [3.63, 3.8) is 0 Å². The first-order chi connectivity index (χ1) is 6.36. The van der Waals surface area contributed by atoms with Gasteiger partial charge in [0.25, 0.3) is 0 Å². The number of rotatable bonds is 3. The van der Waals surface area contributed by atoms with Gasteiger partial charge in [-0.2, -0.15) is 0 Å². The molecule has 0 unspecified atom stereocenters. The highest BCUT2D eigenvalue weighted by atomic mass is 16.5. The quantitative estimate of drug-likeness (QED) is 0.715. The van der Waals surface area contributed by atoms with Crippen LogP contribution in [0.3, 0.4) is 0 Å². The number of methoxy groups -OCH3 is 1. The highest BCUT2D eigenvalue weighted by Crippen LogP contribution is 2.18. The highest BCUT2D eigenvalue weighted by Gasteiger charge is 1.93. The van der Waals surface area contributed by atoms with Gasteiger partial charge < -0.3 is 9.47 Å². The zero-order valence-electron chi connectivity index (χ0n) is 8.83. The van der Waals surface area contributed by atoms with Crippen molar-refractivity contribution in [2.45, 2.75) is 20.8 Å². The molecule has 0 bridgehead atoms. The summed E-state index contributed by atoms with van der Waals surface area (Å²) in [6.07, 6.45) is 0. The molecule has 0 aliphatic rings. The highest BCUT2D eigenvalue weighted by molar-refractivity contribution is 5.32. The zero-order chi connectivity index (χ0) is 10.1. The topological polar surface area (TPSA) is 18.5 Å². The fourth-order valence-corrected chi connectivity index (χ4v) is 0.858. The summed E-state index contributed by atoms with van der Waals surface area (Å²) >= 11 is 0. The molecule has 0 amide bonds. The van der Waals surface area contributed by atoms with E-state index in [0.717, 1.165) is 11.5 Å². The molecule has 0 N–H and O–H groups in total. The molecular weight excluding hydrogens is 164 g/mol. The molecule has 0 aliphatic heterocycles. The molecule has 0 aromatic heterocycles. The average Bonchev–Trinajstić information content (AvgIpc) is 2.22. The van der Waals surface area contributed by atoms with Crippen LogP contribution in [0.5, 0.6) is 11.5 Å². The van der Waals surface area contributed by atoms with Gasteiger partial charge in [0, 0.05) is 6.07 Å². The molecule has 0 heterocycles. The van der Waals surface area contributed by atoms with E-state index in [9.17, 15) is 0 Å². The predicted molar refractivity (Wildman–Crippen MR) is 55.5 cm³/mol. The van der Waals surface area contributed by atoms with Crippen LogP contribution in [0.2, 0.25) is 0 Å². The lowest BCUT2D eigenvalue weighted by molar-refractivity contribution is 0.336. The first-order valence-electron chi connectivity index (χ1n) is 4.63. The second-order valence-corrected chi connectivity index (χ2v) is 2.11. The van der Waals surface area contributed by atoms with Crippen molar-refractivity contribution in [1.29, 1.82) is 0 Å². The summed E-state index contributed by atoms with van der Waals surface area (Å²) in [4.78, 5) is 0. The van der Waals surface area contributed by atoms with Crippen molar-refractivity contribution in [3.05, 3.63) is 24.3 Å². The number of ether oxygens (including phenoxy) is 2. The predicted octanol–water partition coefficient (Wildman–Crippen LogP) is 3.12. The summed E-state index contributed by atoms with van der Waals surface area (Å²) in [7, 11) is 1.64. The van der Waals surface area contributed by atoms with Crippen LogP contribution in [0.25, 0.3) is 0 Å². The van der Waals surface area contributed by atoms with E-state index in [0.29, 0.717) is 6.61 Å². The minimum Gasteiger partial charge on any atom is -0.497 e. The number of benzene rings is 1. The molecule has 2 nitrogen and oxygen atoms in total.